The number of fused-ring (bicyclic) bond motifs is 1. The summed E-state index contributed by atoms with van der Waals surface area (Å²) in [4.78, 5) is 2.37. The molecule has 3 fully saturated rings. The Kier molecular flexibility index (Phi) is 6.18. The number of aliphatic hydroxyl groups is 2. The standard InChI is InChI=1S/C22H39NO3/c1-16-5-6-19-21(2,11-7-20(25)22(19,3)15-24)18(16)10-14-26-17-8-12-23(4)13-9-17/h17-20,24-25H,1,5-15H2,2-4H3/t18-,19?,20-,21+,22+/m1/s1. The van der Waals surface area contributed by atoms with Gasteiger partial charge in [-0.05, 0) is 69.2 Å². The van der Waals surface area contributed by atoms with Crippen molar-refractivity contribution in [2.24, 2.45) is 22.7 Å². The van der Waals surface area contributed by atoms with Gasteiger partial charge < -0.3 is 19.8 Å². The first-order chi connectivity index (χ1) is 12.3. The van der Waals surface area contributed by atoms with Crippen molar-refractivity contribution in [2.45, 2.75) is 71.0 Å². The highest BCUT2D eigenvalue weighted by atomic mass is 16.5. The van der Waals surface area contributed by atoms with Crippen LogP contribution >= 0.6 is 0 Å². The molecule has 4 nitrogen and oxygen atoms in total. The van der Waals surface area contributed by atoms with Gasteiger partial charge in [0.15, 0.2) is 0 Å². The zero-order valence-electron chi connectivity index (χ0n) is 17.0. The molecule has 4 heteroatoms. The average molecular weight is 366 g/mol. The highest BCUT2D eigenvalue weighted by Crippen LogP contribution is 2.61. The first kappa shape index (κ1) is 20.3. The minimum Gasteiger partial charge on any atom is -0.396 e. The summed E-state index contributed by atoms with van der Waals surface area (Å²) in [6, 6.07) is 0. The zero-order valence-corrected chi connectivity index (χ0v) is 17.0. The molecule has 0 aromatic heterocycles. The molecule has 1 saturated heterocycles. The van der Waals surface area contributed by atoms with E-state index in [1.54, 1.807) is 0 Å². The SMILES string of the molecule is C=C1CCC2[C@](C)(CO)[C@H](O)CC[C@@]2(C)[C@@H]1CCOC1CCN(C)CC1. The van der Waals surface area contributed by atoms with Gasteiger partial charge in [-0.2, -0.15) is 0 Å². The molecule has 1 aliphatic heterocycles. The fourth-order valence-electron chi connectivity index (χ4n) is 6.24. The van der Waals surface area contributed by atoms with Gasteiger partial charge in [0.05, 0.1) is 18.8 Å². The highest BCUT2D eigenvalue weighted by Gasteiger charge is 2.57. The maximum absolute atomic E-state index is 10.6. The van der Waals surface area contributed by atoms with Crippen LogP contribution in [0.1, 0.15) is 58.8 Å². The van der Waals surface area contributed by atoms with Gasteiger partial charge in [0, 0.05) is 25.1 Å². The van der Waals surface area contributed by atoms with Crippen LogP contribution in [0.25, 0.3) is 0 Å². The molecule has 0 aromatic rings. The quantitative estimate of drug-likeness (QED) is 0.735. The lowest BCUT2D eigenvalue weighted by Crippen LogP contribution is -2.57. The predicted octanol–water partition coefficient (Wildman–Crippen LogP) is 3.23. The monoisotopic (exact) mass is 365 g/mol. The van der Waals surface area contributed by atoms with E-state index in [2.05, 4.69) is 32.4 Å². The summed E-state index contributed by atoms with van der Waals surface area (Å²) in [6.07, 6.45) is 7.16. The van der Waals surface area contributed by atoms with Gasteiger partial charge in [0.25, 0.3) is 0 Å². The van der Waals surface area contributed by atoms with Crippen molar-refractivity contribution in [2.75, 3.05) is 33.4 Å². The second kappa shape index (κ2) is 7.90. The number of likely N-dealkylation sites (tertiary alicyclic amines) is 1. The Balaban J connectivity index is 1.65. The third-order valence-electron chi connectivity index (χ3n) is 8.12. The van der Waals surface area contributed by atoms with Crippen LogP contribution in [-0.2, 0) is 4.74 Å². The van der Waals surface area contributed by atoms with E-state index in [9.17, 15) is 10.2 Å². The van der Waals surface area contributed by atoms with E-state index in [-0.39, 0.29) is 17.4 Å². The van der Waals surface area contributed by atoms with Crippen LogP contribution in [0, 0.1) is 22.7 Å². The van der Waals surface area contributed by atoms with E-state index >= 15 is 0 Å². The lowest BCUT2D eigenvalue weighted by molar-refractivity contribution is -0.154. The predicted molar refractivity (Wildman–Crippen MR) is 105 cm³/mol. The van der Waals surface area contributed by atoms with Crippen molar-refractivity contribution in [3.63, 3.8) is 0 Å². The third-order valence-corrected chi connectivity index (χ3v) is 8.12. The van der Waals surface area contributed by atoms with E-state index in [1.165, 1.54) is 5.57 Å². The van der Waals surface area contributed by atoms with Crippen LogP contribution in [0.3, 0.4) is 0 Å². The van der Waals surface area contributed by atoms with Crippen molar-refractivity contribution < 1.29 is 14.9 Å². The summed E-state index contributed by atoms with van der Waals surface area (Å²) in [5.74, 6) is 0.786. The van der Waals surface area contributed by atoms with Gasteiger partial charge in [0.2, 0.25) is 0 Å². The summed E-state index contributed by atoms with van der Waals surface area (Å²) in [6.45, 7) is 12.0. The summed E-state index contributed by atoms with van der Waals surface area (Å²) < 4.78 is 6.24. The largest absolute Gasteiger partial charge is 0.396 e. The van der Waals surface area contributed by atoms with Crippen molar-refractivity contribution in [1.82, 2.24) is 4.90 Å². The number of piperidine rings is 1. The van der Waals surface area contributed by atoms with Crippen molar-refractivity contribution in [3.8, 4) is 0 Å². The molecule has 5 atom stereocenters. The maximum atomic E-state index is 10.6. The molecular formula is C22H39NO3. The molecule has 0 spiro atoms. The molecule has 1 heterocycles. The van der Waals surface area contributed by atoms with Gasteiger partial charge in [-0.3, -0.25) is 0 Å². The maximum Gasteiger partial charge on any atom is 0.0618 e. The Morgan fingerprint density at radius 1 is 1.19 bits per heavy atom. The Morgan fingerprint density at radius 2 is 1.88 bits per heavy atom. The minimum atomic E-state index is -0.395. The molecular weight excluding hydrogens is 326 g/mol. The zero-order chi connectivity index (χ0) is 18.9. The second-order valence-corrected chi connectivity index (χ2v) is 9.69. The molecule has 0 aromatic carbocycles. The normalized spacial score (nSPS) is 42.7. The van der Waals surface area contributed by atoms with Crippen molar-refractivity contribution in [3.05, 3.63) is 12.2 Å². The second-order valence-electron chi connectivity index (χ2n) is 9.69. The average Bonchev–Trinajstić information content (AvgIpc) is 2.62. The number of hydrogen-bond acceptors (Lipinski definition) is 4. The van der Waals surface area contributed by atoms with E-state index in [0.29, 0.717) is 17.9 Å². The van der Waals surface area contributed by atoms with Crippen LogP contribution in [0.15, 0.2) is 12.2 Å². The fourth-order valence-corrected chi connectivity index (χ4v) is 6.24. The molecule has 0 radical (unpaired) electrons. The fraction of sp³-hybridized carbons (Fsp3) is 0.909. The van der Waals surface area contributed by atoms with Crippen molar-refractivity contribution >= 4 is 0 Å². The molecule has 150 valence electrons. The Bertz CT molecular complexity index is 502. The Hall–Kier alpha value is -0.420. The smallest absolute Gasteiger partial charge is 0.0618 e. The highest BCUT2D eigenvalue weighted by molar-refractivity contribution is 5.17. The van der Waals surface area contributed by atoms with Gasteiger partial charge in [-0.15, -0.1) is 0 Å². The lowest BCUT2D eigenvalue weighted by Gasteiger charge is -2.60. The number of allylic oxidation sites excluding steroid dienone is 1. The number of nitrogens with zero attached hydrogens (tertiary/aromatic N) is 1. The lowest BCUT2D eigenvalue weighted by atomic mass is 9.46. The van der Waals surface area contributed by atoms with Crippen LogP contribution in [0.5, 0.6) is 0 Å². The third kappa shape index (κ3) is 3.63. The van der Waals surface area contributed by atoms with E-state index in [0.717, 1.165) is 64.6 Å². The van der Waals surface area contributed by atoms with E-state index < -0.39 is 6.10 Å². The number of rotatable bonds is 5. The van der Waals surface area contributed by atoms with E-state index in [4.69, 9.17) is 4.74 Å². The van der Waals surface area contributed by atoms with Crippen LogP contribution in [-0.4, -0.2) is 60.7 Å². The number of hydrogen-bond donors (Lipinski definition) is 2. The summed E-state index contributed by atoms with van der Waals surface area (Å²) in [5, 5.41) is 20.7. The summed E-state index contributed by atoms with van der Waals surface area (Å²) >= 11 is 0. The summed E-state index contributed by atoms with van der Waals surface area (Å²) in [5.41, 5.74) is 1.08. The van der Waals surface area contributed by atoms with Crippen LogP contribution in [0.2, 0.25) is 0 Å². The molecule has 0 bridgehead atoms. The molecule has 1 unspecified atom stereocenters. The Morgan fingerprint density at radius 3 is 2.54 bits per heavy atom. The molecule has 2 saturated carbocycles. The van der Waals surface area contributed by atoms with Gasteiger partial charge in [-0.25, -0.2) is 0 Å². The van der Waals surface area contributed by atoms with E-state index in [1.807, 2.05) is 0 Å². The Labute approximate surface area is 159 Å². The minimum absolute atomic E-state index is 0.0692. The van der Waals surface area contributed by atoms with Crippen molar-refractivity contribution in [1.29, 1.82) is 0 Å². The number of aliphatic hydroxyl groups excluding tert-OH is 2. The molecule has 2 aliphatic carbocycles. The molecule has 0 amide bonds. The van der Waals surface area contributed by atoms with Gasteiger partial charge >= 0.3 is 0 Å². The van der Waals surface area contributed by atoms with Gasteiger partial charge in [-0.1, -0.05) is 26.0 Å². The molecule has 3 aliphatic rings. The summed E-state index contributed by atoms with van der Waals surface area (Å²) in [7, 11) is 2.18. The molecule has 2 N–H and O–H groups in total. The van der Waals surface area contributed by atoms with Gasteiger partial charge in [0.1, 0.15) is 0 Å². The van der Waals surface area contributed by atoms with Crippen LogP contribution < -0.4 is 0 Å². The molecule has 26 heavy (non-hydrogen) atoms. The number of ether oxygens (including phenoxy) is 1. The van der Waals surface area contributed by atoms with Crippen LogP contribution in [0.4, 0.5) is 0 Å². The topological polar surface area (TPSA) is 52.9 Å². The first-order valence-corrected chi connectivity index (χ1v) is 10.6. The molecule has 3 rings (SSSR count). The first-order valence-electron chi connectivity index (χ1n) is 10.6.